The maximum atomic E-state index is 12.1. The van der Waals surface area contributed by atoms with Gasteiger partial charge in [0.15, 0.2) is 11.5 Å². The Kier molecular flexibility index (Phi) is 4.14. The van der Waals surface area contributed by atoms with Crippen molar-refractivity contribution >= 4 is 11.6 Å². The number of hydrogen-bond acceptors (Lipinski definition) is 5. The lowest BCUT2D eigenvalue weighted by Crippen LogP contribution is -2.42. The van der Waals surface area contributed by atoms with Crippen LogP contribution in [0.2, 0.25) is 0 Å². The highest BCUT2D eigenvalue weighted by Gasteiger charge is 2.27. The quantitative estimate of drug-likeness (QED) is 0.671. The lowest BCUT2D eigenvalue weighted by atomic mass is 10.1. The second-order valence-corrected chi connectivity index (χ2v) is 5.08. The number of nitrogens with zero attached hydrogens (tertiary/aromatic N) is 1. The van der Waals surface area contributed by atoms with Crippen molar-refractivity contribution in [2.24, 2.45) is 5.10 Å². The lowest BCUT2D eigenvalue weighted by Gasteiger charge is -2.24. The number of phenols is 1. The van der Waals surface area contributed by atoms with E-state index in [0.29, 0.717) is 17.2 Å². The van der Waals surface area contributed by atoms with Gasteiger partial charge in [-0.2, -0.15) is 5.10 Å². The fourth-order valence-electron chi connectivity index (χ4n) is 2.13. The van der Waals surface area contributed by atoms with Gasteiger partial charge >= 0.3 is 0 Å². The Morgan fingerprint density at radius 2 is 1.87 bits per heavy atom. The maximum absolute atomic E-state index is 12.1. The van der Waals surface area contributed by atoms with Crippen LogP contribution in [0.25, 0.3) is 0 Å². The molecule has 3 rings (SSSR count). The molecule has 0 aromatic heterocycles. The molecular weight excluding hydrogens is 296 g/mol. The average molecular weight is 312 g/mol. The molecule has 1 heterocycles. The summed E-state index contributed by atoms with van der Waals surface area (Å²) in [4.78, 5) is 12.1. The van der Waals surface area contributed by atoms with Gasteiger partial charge < -0.3 is 14.6 Å². The van der Waals surface area contributed by atoms with Gasteiger partial charge in [0.1, 0.15) is 12.4 Å². The highest BCUT2D eigenvalue weighted by atomic mass is 16.6. The van der Waals surface area contributed by atoms with E-state index >= 15 is 0 Å². The maximum Gasteiger partial charge on any atom is 0.284 e. The van der Waals surface area contributed by atoms with Crippen molar-refractivity contribution in [3.8, 4) is 17.2 Å². The van der Waals surface area contributed by atoms with Crippen molar-refractivity contribution in [2.45, 2.75) is 13.0 Å². The van der Waals surface area contributed by atoms with Gasteiger partial charge in [0.25, 0.3) is 5.91 Å². The van der Waals surface area contributed by atoms with Gasteiger partial charge in [-0.1, -0.05) is 12.1 Å². The number of benzene rings is 2. The smallest absolute Gasteiger partial charge is 0.284 e. The number of hydrogen-bond donors (Lipinski definition) is 2. The zero-order chi connectivity index (χ0) is 16.2. The van der Waals surface area contributed by atoms with Gasteiger partial charge in [0.05, 0.1) is 5.71 Å². The standard InChI is InChI=1S/C17H16N2O4/c1-11(12-6-8-13(20)9-7-12)18-19-17(21)16-10-22-14-4-2-3-5-15(14)23-16/h2-9,16,20H,10H2,1H3,(H,19,21)/b18-11-/t16-/m1/s1. The Balaban J connectivity index is 1.63. The van der Waals surface area contributed by atoms with Gasteiger partial charge in [-0.15, -0.1) is 0 Å². The van der Waals surface area contributed by atoms with Crippen molar-refractivity contribution < 1.29 is 19.4 Å². The number of phenolic OH excluding ortho intramolecular Hbond substituents is 1. The summed E-state index contributed by atoms with van der Waals surface area (Å²) in [5.74, 6) is 0.966. The second-order valence-electron chi connectivity index (χ2n) is 5.08. The number of amides is 1. The summed E-state index contributed by atoms with van der Waals surface area (Å²) in [5.41, 5.74) is 3.90. The van der Waals surface area contributed by atoms with Crippen LogP contribution in [0.4, 0.5) is 0 Å². The predicted octanol–water partition coefficient (Wildman–Crippen LogP) is 2.07. The SMILES string of the molecule is C/C(=N/NC(=O)[C@H]1COc2ccccc2O1)c1ccc(O)cc1. The third kappa shape index (κ3) is 3.42. The molecule has 0 aliphatic carbocycles. The molecule has 2 aromatic carbocycles. The zero-order valence-electron chi connectivity index (χ0n) is 12.5. The highest BCUT2D eigenvalue weighted by molar-refractivity contribution is 5.99. The number of hydrazone groups is 1. The van der Waals surface area contributed by atoms with Crippen LogP contribution in [0.15, 0.2) is 53.6 Å². The molecule has 0 fully saturated rings. The van der Waals surface area contributed by atoms with Gasteiger partial charge in [-0.05, 0) is 48.9 Å². The molecule has 2 aromatic rings. The zero-order valence-corrected chi connectivity index (χ0v) is 12.5. The molecule has 6 nitrogen and oxygen atoms in total. The topological polar surface area (TPSA) is 80.2 Å². The minimum atomic E-state index is -0.749. The molecule has 1 amide bonds. The van der Waals surface area contributed by atoms with Crippen LogP contribution in [-0.4, -0.2) is 29.4 Å². The van der Waals surface area contributed by atoms with Crippen LogP contribution in [0, 0.1) is 0 Å². The Bertz CT molecular complexity index is 741. The summed E-state index contributed by atoms with van der Waals surface area (Å²) < 4.78 is 11.1. The van der Waals surface area contributed by atoms with Crippen molar-refractivity contribution in [3.05, 3.63) is 54.1 Å². The first kappa shape index (κ1) is 14.9. The molecule has 1 aliphatic heterocycles. The molecule has 0 bridgehead atoms. The van der Waals surface area contributed by atoms with E-state index in [1.807, 2.05) is 12.1 Å². The number of carbonyl (C=O) groups excluding carboxylic acids is 1. The van der Waals surface area contributed by atoms with E-state index in [2.05, 4.69) is 10.5 Å². The molecule has 1 atom stereocenters. The predicted molar refractivity (Wildman–Crippen MR) is 84.8 cm³/mol. The minimum Gasteiger partial charge on any atom is -0.508 e. The Morgan fingerprint density at radius 1 is 1.17 bits per heavy atom. The molecule has 1 aliphatic rings. The first-order valence-electron chi connectivity index (χ1n) is 7.15. The van der Waals surface area contributed by atoms with E-state index in [4.69, 9.17) is 9.47 Å². The number of fused-ring (bicyclic) bond motifs is 1. The van der Waals surface area contributed by atoms with Gasteiger partial charge in [-0.25, -0.2) is 5.43 Å². The molecule has 0 saturated heterocycles. The van der Waals surface area contributed by atoms with E-state index in [1.165, 1.54) is 0 Å². The first-order valence-corrected chi connectivity index (χ1v) is 7.15. The van der Waals surface area contributed by atoms with Crippen LogP contribution in [0.1, 0.15) is 12.5 Å². The van der Waals surface area contributed by atoms with Crippen molar-refractivity contribution in [1.29, 1.82) is 0 Å². The van der Waals surface area contributed by atoms with E-state index in [9.17, 15) is 9.90 Å². The highest BCUT2D eigenvalue weighted by Crippen LogP contribution is 2.30. The summed E-state index contributed by atoms with van der Waals surface area (Å²) >= 11 is 0. The van der Waals surface area contributed by atoms with Crippen LogP contribution in [0.5, 0.6) is 17.2 Å². The van der Waals surface area contributed by atoms with Crippen molar-refractivity contribution in [1.82, 2.24) is 5.43 Å². The first-order chi connectivity index (χ1) is 11.1. The van der Waals surface area contributed by atoms with E-state index in [1.54, 1.807) is 43.3 Å². The molecule has 23 heavy (non-hydrogen) atoms. The molecule has 6 heteroatoms. The number of para-hydroxylation sites is 2. The van der Waals surface area contributed by atoms with Crippen LogP contribution in [-0.2, 0) is 4.79 Å². The summed E-state index contributed by atoms with van der Waals surface area (Å²) in [5, 5.41) is 13.3. The van der Waals surface area contributed by atoms with E-state index in [0.717, 1.165) is 5.56 Å². The Labute approximate surface area is 133 Å². The molecule has 0 spiro atoms. The van der Waals surface area contributed by atoms with Gasteiger partial charge in [-0.3, -0.25) is 4.79 Å². The summed E-state index contributed by atoms with van der Waals surface area (Å²) in [6, 6.07) is 13.8. The third-order valence-electron chi connectivity index (χ3n) is 3.42. The van der Waals surface area contributed by atoms with Crippen molar-refractivity contribution in [3.63, 3.8) is 0 Å². The number of aromatic hydroxyl groups is 1. The van der Waals surface area contributed by atoms with Crippen LogP contribution >= 0.6 is 0 Å². The van der Waals surface area contributed by atoms with Gasteiger partial charge in [0, 0.05) is 0 Å². The monoisotopic (exact) mass is 312 g/mol. The Hall–Kier alpha value is -3.02. The van der Waals surface area contributed by atoms with Crippen LogP contribution < -0.4 is 14.9 Å². The van der Waals surface area contributed by atoms with E-state index in [-0.39, 0.29) is 18.3 Å². The summed E-state index contributed by atoms with van der Waals surface area (Å²) in [7, 11) is 0. The number of nitrogens with one attached hydrogen (secondary N) is 1. The second kappa shape index (κ2) is 6.39. The molecule has 0 radical (unpaired) electrons. The molecule has 0 saturated carbocycles. The molecule has 118 valence electrons. The van der Waals surface area contributed by atoms with Gasteiger partial charge in [0.2, 0.25) is 6.10 Å². The van der Waals surface area contributed by atoms with E-state index < -0.39 is 6.10 Å². The number of rotatable bonds is 3. The normalized spacial score (nSPS) is 16.7. The fourth-order valence-corrected chi connectivity index (χ4v) is 2.13. The lowest BCUT2D eigenvalue weighted by molar-refractivity contribution is -0.130. The van der Waals surface area contributed by atoms with Crippen LogP contribution in [0.3, 0.4) is 0 Å². The van der Waals surface area contributed by atoms with Crippen molar-refractivity contribution in [2.75, 3.05) is 6.61 Å². The fraction of sp³-hybridized carbons (Fsp3) is 0.176. The third-order valence-corrected chi connectivity index (χ3v) is 3.42. The largest absolute Gasteiger partial charge is 0.508 e. The molecule has 0 unspecified atom stereocenters. The molecular formula is C17H16N2O4. The summed E-state index contributed by atoms with van der Waals surface area (Å²) in [6.07, 6.45) is -0.749. The number of carbonyl (C=O) groups is 1. The molecule has 2 N–H and O–H groups in total. The summed E-state index contributed by atoms with van der Waals surface area (Å²) in [6.45, 7) is 1.90. The minimum absolute atomic E-state index is 0.136. The number of ether oxygens (including phenoxy) is 2. The Morgan fingerprint density at radius 3 is 2.61 bits per heavy atom. The average Bonchev–Trinajstić information content (AvgIpc) is 2.59.